The van der Waals surface area contributed by atoms with Gasteiger partial charge in [0.2, 0.25) is 11.8 Å². The minimum Gasteiger partial charge on any atom is -0.298 e. The van der Waals surface area contributed by atoms with Crippen LogP contribution in [-0.2, 0) is 14.4 Å². The molecule has 5 heteroatoms. The predicted octanol–water partition coefficient (Wildman–Crippen LogP) is 6.45. The third kappa shape index (κ3) is 2.58. The summed E-state index contributed by atoms with van der Waals surface area (Å²) in [6, 6.07) is 26.7. The molecule has 1 heterocycles. The topological polar surface area (TPSA) is 54.5 Å². The van der Waals surface area contributed by atoms with Crippen molar-refractivity contribution in [1.29, 1.82) is 0 Å². The van der Waals surface area contributed by atoms with E-state index in [4.69, 9.17) is 11.6 Å². The average molecular weight is 496 g/mol. The Balaban J connectivity index is 1.69. The van der Waals surface area contributed by atoms with E-state index in [1.165, 1.54) is 4.90 Å². The first-order valence-corrected chi connectivity index (χ1v) is 12.9. The maximum Gasteiger partial charge on any atom is 0.239 e. The molecule has 0 spiro atoms. The highest BCUT2D eigenvalue weighted by atomic mass is 35.5. The number of allylic oxidation sites excluding steroid dienone is 2. The number of fused-ring (bicyclic) bond motifs is 5. The van der Waals surface area contributed by atoms with Crippen molar-refractivity contribution < 1.29 is 14.4 Å². The number of carbonyl (C=O) groups is 3. The molecule has 1 saturated heterocycles. The molecule has 3 aromatic carbocycles. The van der Waals surface area contributed by atoms with Crippen molar-refractivity contribution in [3.8, 4) is 0 Å². The van der Waals surface area contributed by atoms with Gasteiger partial charge in [0.25, 0.3) is 0 Å². The molecule has 36 heavy (non-hydrogen) atoms. The number of para-hydroxylation sites is 1. The first-order valence-electron chi connectivity index (χ1n) is 12.5. The van der Waals surface area contributed by atoms with Crippen LogP contribution >= 0.6 is 11.6 Å². The Morgan fingerprint density at radius 1 is 0.667 bits per heavy atom. The molecular formula is C31H26ClNO3. The van der Waals surface area contributed by atoms with Crippen molar-refractivity contribution in [3.05, 3.63) is 101 Å². The number of rotatable bonds is 5. The molecular weight excluding hydrogens is 470 g/mol. The molecule has 2 aliphatic carbocycles. The Labute approximate surface area is 215 Å². The van der Waals surface area contributed by atoms with E-state index in [2.05, 4.69) is 0 Å². The van der Waals surface area contributed by atoms with Gasteiger partial charge in [-0.3, -0.25) is 14.4 Å². The first kappa shape index (κ1) is 22.9. The van der Waals surface area contributed by atoms with Gasteiger partial charge in [-0.2, -0.15) is 0 Å². The monoisotopic (exact) mass is 495 g/mol. The summed E-state index contributed by atoms with van der Waals surface area (Å²) < 4.78 is 0. The first-order chi connectivity index (χ1) is 17.4. The summed E-state index contributed by atoms with van der Waals surface area (Å²) in [5.41, 5.74) is 1.86. The van der Waals surface area contributed by atoms with Gasteiger partial charge in [-0.15, -0.1) is 0 Å². The van der Waals surface area contributed by atoms with Gasteiger partial charge in [-0.25, -0.2) is 4.90 Å². The van der Waals surface area contributed by atoms with E-state index in [-0.39, 0.29) is 17.6 Å². The maximum absolute atomic E-state index is 14.7. The summed E-state index contributed by atoms with van der Waals surface area (Å²) in [5.74, 6) is -2.18. The Hall–Kier alpha value is -3.50. The number of benzene rings is 3. The van der Waals surface area contributed by atoms with Gasteiger partial charge >= 0.3 is 0 Å². The number of amides is 2. The highest BCUT2D eigenvalue weighted by Crippen LogP contribution is 2.75. The van der Waals surface area contributed by atoms with E-state index in [0.717, 1.165) is 22.3 Å². The van der Waals surface area contributed by atoms with E-state index in [1.807, 2.05) is 74.5 Å². The quantitative estimate of drug-likeness (QED) is 0.382. The Morgan fingerprint density at radius 3 is 1.50 bits per heavy atom. The predicted molar refractivity (Wildman–Crippen MR) is 141 cm³/mol. The Kier molecular flexibility index (Phi) is 5.10. The molecule has 0 aromatic heterocycles. The number of anilines is 1. The molecule has 0 N–H and O–H groups in total. The molecule has 2 fully saturated rings. The largest absolute Gasteiger partial charge is 0.298 e. The average Bonchev–Trinajstić information content (AvgIpc) is 3.41. The van der Waals surface area contributed by atoms with Gasteiger partial charge in [0, 0.05) is 0 Å². The minimum atomic E-state index is -1.09. The smallest absolute Gasteiger partial charge is 0.239 e. The van der Waals surface area contributed by atoms with Gasteiger partial charge in [0.15, 0.2) is 5.78 Å². The SMILES string of the molecule is CC[C@]12C(=O)[C@](CC)(C(c3ccccc3)=C1c1ccccc1)[C@@H]1C(=O)N(c3ccccc3Cl)C(=O)[C@H]12. The van der Waals surface area contributed by atoms with Gasteiger partial charge < -0.3 is 0 Å². The van der Waals surface area contributed by atoms with Crippen LogP contribution in [-0.4, -0.2) is 17.6 Å². The molecule has 180 valence electrons. The molecule has 0 radical (unpaired) electrons. The maximum atomic E-state index is 14.7. The zero-order chi connectivity index (χ0) is 25.2. The second kappa shape index (κ2) is 8.01. The number of nitrogens with zero attached hydrogens (tertiary/aromatic N) is 1. The fraction of sp³-hybridized carbons (Fsp3) is 0.258. The molecule has 2 bridgehead atoms. The second-order valence-electron chi connectivity index (χ2n) is 9.88. The van der Waals surface area contributed by atoms with E-state index in [0.29, 0.717) is 23.6 Å². The summed E-state index contributed by atoms with van der Waals surface area (Å²) in [4.78, 5) is 44.3. The molecule has 0 unspecified atom stereocenters. The van der Waals surface area contributed by atoms with Crippen molar-refractivity contribution in [2.45, 2.75) is 26.7 Å². The van der Waals surface area contributed by atoms with Crippen LogP contribution in [0, 0.1) is 22.7 Å². The van der Waals surface area contributed by atoms with Crippen LogP contribution < -0.4 is 4.90 Å². The fourth-order valence-electron chi connectivity index (χ4n) is 7.33. The van der Waals surface area contributed by atoms with E-state index in [1.54, 1.807) is 24.3 Å². The van der Waals surface area contributed by atoms with Crippen LogP contribution in [0.4, 0.5) is 5.69 Å². The molecule has 4 nitrogen and oxygen atoms in total. The second-order valence-corrected chi connectivity index (χ2v) is 10.3. The molecule has 1 aliphatic heterocycles. The van der Waals surface area contributed by atoms with Crippen LogP contribution in [0.1, 0.15) is 37.8 Å². The van der Waals surface area contributed by atoms with Crippen LogP contribution in [0.5, 0.6) is 0 Å². The highest BCUT2D eigenvalue weighted by Gasteiger charge is 2.80. The van der Waals surface area contributed by atoms with E-state index in [9.17, 15) is 14.4 Å². The van der Waals surface area contributed by atoms with Crippen molar-refractivity contribution in [3.63, 3.8) is 0 Å². The van der Waals surface area contributed by atoms with E-state index < -0.39 is 22.7 Å². The molecule has 4 atom stereocenters. The Morgan fingerprint density at radius 2 is 1.08 bits per heavy atom. The summed E-state index contributed by atoms with van der Waals surface area (Å²) in [6.07, 6.45) is 0.870. The standard InChI is InChI=1S/C31H26ClNO3/c1-3-30-23(19-13-7-5-8-14-19)24(20-15-9-6-10-16-20)31(4-2,29(30)36)26-25(30)27(34)33(28(26)35)22-18-12-11-17-21(22)32/h5-18,25-26H,3-4H2,1-2H3/t25-,26-,30-,31+/m0/s1. The zero-order valence-electron chi connectivity index (χ0n) is 20.2. The number of hydrogen-bond donors (Lipinski definition) is 0. The van der Waals surface area contributed by atoms with Crippen LogP contribution in [0.15, 0.2) is 84.9 Å². The molecule has 3 aliphatic rings. The number of Topliss-reactive ketones (excluding diaryl/α,β-unsaturated/α-hetero) is 1. The van der Waals surface area contributed by atoms with Crippen LogP contribution in [0.3, 0.4) is 0 Å². The molecule has 6 rings (SSSR count). The number of hydrogen-bond acceptors (Lipinski definition) is 3. The van der Waals surface area contributed by atoms with Crippen molar-refractivity contribution in [2.75, 3.05) is 4.90 Å². The Bertz CT molecular complexity index is 1360. The third-order valence-electron chi connectivity index (χ3n) is 8.65. The van der Waals surface area contributed by atoms with Gasteiger partial charge in [0.05, 0.1) is 33.4 Å². The zero-order valence-corrected chi connectivity index (χ0v) is 21.0. The molecule has 1 saturated carbocycles. The lowest BCUT2D eigenvalue weighted by Crippen LogP contribution is -2.42. The van der Waals surface area contributed by atoms with Gasteiger partial charge in [-0.1, -0.05) is 98.2 Å². The van der Waals surface area contributed by atoms with E-state index >= 15 is 0 Å². The van der Waals surface area contributed by atoms with Crippen molar-refractivity contribution in [1.82, 2.24) is 0 Å². The summed E-state index contributed by atoms with van der Waals surface area (Å²) >= 11 is 6.47. The van der Waals surface area contributed by atoms with Crippen molar-refractivity contribution >= 4 is 46.0 Å². The minimum absolute atomic E-state index is 0.00761. The lowest BCUT2D eigenvalue weighted by atomic mass is 9.60. The van der Waals surface area contributed by atoms with Crippen molar-refractivity contribution in [2.24, 2.45) is 22.7 Å². The lowest BCUT2D eigenvalue weighted by Gasteiger charge is -2.38. The summed E-state index contributed by atoms with van der Waals surface area (Å²) in [5, 5.41) is 0.341. The fourth-order valence-corrected chi connectivity index (χ4v) is 7.55. The molecule has 3 aromatic rings. The lowest BCUT2D eigenvalue weighted by molar-refractivity contribution is -0.134. The van der Waals surface area contributed by atoms with Gasteiger partial charge in [-0.05, 0) is 47.2 Å². The number of imide groups is 1. The van der Waals surface area contributed by atoms with Gasteiger partial charge in [0.1, 0.15) is 0 Å². The summed E-state index contributed by atoms with van der Waals surface area (Å²) in [6.45, 7) is 3.93. The normalized spacial score (nSPS) is 28.9. The molecule has 2 amide bonds. The van der Waals surface area contributed by atoms with Crippen LogP contribution in [0.2, 0.25) is 5.02 Å². The third-order valence-corrected chi connectivity index (χ3v) is 8.97. The van der Waals surface area contributed by atoms with Crippen LogP contribution in [0.25, 0.3) is 11.1 Å². The summed E-state index contributed by atoms with van der Waals surface area (Å²) in [7, 11) is 0. The highest BCUT2D eigenvalue weighted by molar-refractivity contribution is 6.38. The number of carbonyl (C=O) groups excluding carboxylic acids is 3. The number of ketones is 1. The number of halogens is 1.